The zero-order chi connectivity index (χ0) is 21.2. The number of quaternary nitrogens is 1. The molecule has 1 saturated heterocycles. The first-order valence-electron chi connectivity index (χ1n) is 9.65. The van der Waals surface area contributed by atoms with E-state index in [1.807, 2.05) is 20.2 Å². The molecule has 29 heavy (non-hydrogen) atoms. The van der Waals surface area contributed by atoms with Gasteiger partial charge in [0.05, 0.1) is 20.6 Å². The molecule has 1 aliphatic carbocycles. The predicted octanol–water partition coefficient (Wildman–Crippen LogP) is 3.79. The molecule has 1 heterocycles. The fraction of sp³-hybridized carbons (Fsp3) is 0.524. The Balaban J connectivity index is 1.90. The molecule has 0 saturated carbocycles. The van der Waals surface area contributed by atoms with Gasteiger partial charge < -0.3 is 14.0 Å². The van der Waals surface area contributed by atoms with E-state index in [2.05, 4.69) is 4.74 Å². The number of hydrogen-bond donors (Lipinski definition) is 0. The van der Waals surface area contributed by atoms with Crippen LogP contribution in [0.4, 0.5) is 13.2 Å². The van der Waals surface area contributed by atoms with Crippen LogP contribution >= 0.6 is 0 Å². The van der Waals surface area contributed by atoms with Crippen molar-refractivity contribution in [3.63, 3.8) is 0 Å². The van der Waals surface area contributed by atoms with Crippen LogP contribution in [0.15, 0.2) is 30.3 Å². The number of rotatable bonds is 5. The quantitative estimate of drug-likeness (QED) is 0.546. The molecule has 0 N–H and O–H groups in total. The van der Waals surface area contributed by atoms with Crippen LogP contribution < -0.4 is 0 Å². The summed E-state index contributed by atoms with van der Waals surface area (Å²) in [5.41, 5.74) is 1.76. The van der Waals surface area contributed by atoms with Crippen molar-refractivity contribution in [2.24, 2.45) is 0 Å². The average Bonchev–Trinajstić information content (AvgIpc) is 3.28. The normalized spacial score (nSPS) is 22.1. The summed E-state index contributed by atoms with van der Waals surface area (Å²) in [5.74, 6) is -3.38. The Morgan fingerprint density at radius 3 is 2.52 bits per heavy atom. The number of likely N-dealkylation sites (tertiary alicyclic amines) is 1. The predicted molar refractivity (Wildman–Crippen MR) is 99.5 cm³/mol. The lowest BCUT2D eigenvalue weighted by atomic mass is 9.95. The van der Waals surface area contributed by atoms with Crippen LogP contribution in [0.3, 0.4) is 0 Å². The van der Waals surface area contributed by atoms with Crippen molar-refractivity contribution in [2.75, 3.05) is 27.2 Å². The van der Waals surface area contributed by atoms with Gasteiger partial charge in [-0.1, -0.05) is 30.3 Å². The second-order valence-electron chi connectivity index (χ2n) is 8.18. The molecule has 1 fully saturated rings. The highest BCUT2D eigenvalue weighted by atomic mass is 19.4. The van der Waals surface area contributed by atoms with Crippen LogP contribution in [-0.4, -0.2) is 55.9 Å². The molecular weight excluding hydrogens is 387 g/mol. The van der Waals surface area contributed by atoms with E-state index in [1.165, 1.54) is 6.07 Å². The number of allylic oxidation sites excluding steroid dienone is 2. The molecule has 1 aromatic carbocycles. The van der Waals surface area contributed by atoms with Gasteiger partial charge in [0, 0.05) is 12.0 Å². The maximum absolute atomic E-state index is 12.9. The van der Waals surface area contributed by atoms with E-state index in [0.717, 1.165) is 31.4 Å². The number of hydrogen-bond acceptors (Lipinski definition) is 4. The van der Waals surface area contributed by atoms with Crippen molar-refractivity contribution in [3.8, 4) is 0 Å². The van der Waals surface area contributed by atoms with E-state index in [1.54, 1.807) is 18.2 Å². The number of alkyl halides is 3. The van der Waals surface area contributed by atoms with E-state index < -0.39 is 30.3 Å². The summed E-state index contributed by atoms with van der Waals surface area (Å²) in [7, 11) is 3.97. The minimum Gasteiger partial charge on any atom is -0.453 e. The van der Waals surface area contributed by atoms with Gasteiger partial charge in [-0.05, 0) is 30.4 Å². The maximum Gasteiger partial charge on any atom is 0.490 e. The molecule has 2 atom stereocenters. The molecule has 8 heteroatoms. The highest BCUT2D eigenvalue weighted by Crippen LogP contribution is 2.35. The third-order valence-corrected chi connectivity index (χ3v) is 5.34. The molecule has 158 valence electrons. The monoisotopic (exact) mass is 412 g/mol. The van der Waals surface area contributed by atoms with Gasteiger partial charge in [0.2, 0.25) is 6.10 Å². The molecule has 2 aliphatic rings. The van der Waals surface area contributed by atoms with Crippen LogP contribution in [0, 0.1) is 0 Å². The van der Waals surface area contributed by atoms with Crippen LogP contribution in [0.1, 0.15) is 42.9 Å². The Kier molecular flexibility index (Phi) is 6.03. The van der Waals surface area contributed by atoms with Gasteiger partial charge >= 0.3 is 18.1 Å². The minimum atomic E-state index is -5.20. The molecule has 0 aromatic heterocycles. The number of ether oxygens (including phenoxy) is 2. The summed E-state index contributed by atoms with van der Waals surface area (Å²) in [4.78, 5) is 24.4. The average molecular weight is 412 g/mol. The van der Waals surface area contributed by atoms with Gasteiger partial charge in [-0.2, -0.15) is 13.2 Å². The third-order valence-electron chi connectivity index (χ3n) is 5.34. The first kappa shape index (κ1) is 21.4. The summed E-state index contributed by atoms with van der Waals surface area (Å²) in [6.45, 7) is 1.34. The Labute approximate surface area is 167 Å². The molecule has 0 bridgehead atoms. The Morgan fingerprint density at radius 2 is 1.93 bits per heavy atom. The number of carbonyl (C=O) groups excluding carboxylic acids is 2. The molecule has 1 aliphatic heterocycles. The van der Waals surface area contributed by atoms with Gasteiger partial charge in [0.1, 0.15) is 6.54 Å². The van der Waals surface area contributed by atoms with Crippen molar-refractivity contribution in [1.29, 1.82) is 0 Å². The number of halogens is 3. The van der Waals surface area contributed by atoms with Gasteiger partial charge in [-0.25, -0.2) is 9.59 Å². The Morgan fingerprint density at radius 1 is 1.21 bits per heavy atom. The van der Waals surface area contributed by atoms with Crippen LogP contribution in [0.2, 0.25) is 0 Å². The number of benzene rings is 1. The van der Waals surface area contributed by atoms with Gasteiger partial charge in [-0.3, -0.25) is 0 Å². The molecule has 5 nitrogen and oxygen atoms in total. The summed E-state index contributed by atoms with van der Waals surface area (Å²) in [5, 5.41) is 0. The van der Waals surface area contributed by atoms with Crippen molar-refractivity contribution in [3.05, 3.63) is 41.5 Å². The summed E-state index contributed by atoms with van der Waals surface area (Å²) in [6.07, 6.45) is -2.27. The molecule has 3 rings (SSSR count). The molecule has 0 radical (unpaired) electrons. The van der Waals surface area contributed by atoms with Crippen molar-refractivity contribution >= 4 is 17.5 Å². The summed E-state index contributed by atoms with van der Waals surface area (Å²) >= 11 is 0. The largest absolute Gasteiger partial charge is 0.490 e. The van der Waals surface area contributed by atoms with Gasteiger partial charge in [-0.15, -0.1) is 0 Å². The number of likely N-dealkylation sites (N-methyl/N-ethyl adjacent to an activating group) is 1. The number of carbonyl (C=O) groups is 2. The third kappa shape index (κ3) is 5.18. The lowest BCUT2D eigenvalue weighted by molar-refractivity contribution is -0.879. The highest BCUT2D eigenvalue weighted by Gasteiger charge is 2.45. The molecule has 1 unspecified atom stereocenters. The number of nitrogens with zero attached hydrogens (tertiary/aromatic N) is 1. The van der Waals surface area contributed by atoms with E-state index >= 15 is 0 Å². The first-order valence-corrected chi connectivity index (χ1v) is 9.65. The first-order chi connectivity index (χ1) is 13.6. The minimum absolute atomic E-state index is 0.218. The van der Waals surface area contributed by atoms with E-state index in [0.29, 0.717) is 23.0 Å². The lowest BCUT2D eigenvalue weighted by Gasteiger charge is -2.24. The zero-order valence-corrected chi connectivity index (χ0v) is 16.5. The maximum atomic E-state index is 12.9. The molecule has 1 aromatic rings. The molecular formula is C21H25F3NO4+. The van der Waals surface area contributed by atoms with Gasteiger partial charge in [0.15, 0.2) is 6.10 Å². The zero-order valence-electron chi connectivity index (χ0n) is 16.5. The summed E-state index contributed by atoms with van der Waals surface area (Å²) in [6, 6.07) is 6.58. The number of esters is 2. The van der Waals surface area contributed by atoms with Crippen molar-refractivity contribution < 1.29 is 36.7 Å². The van der Waals surface area contributed by atoms with E-state index in [9.17, 15) is 22.8 Å². The lowest BCUT2D eigenvalue weighted by Crippen LogP contribution is -2.38. The summed E-state index contributed by atoms with van der Waals surface area (Å²) < 4.78 is 49.3. The topological polar surface area (TPSA) is 52.6 Å². The smallest absolute Gasteiger partial charge is 0.453 e. The molecule has 0 spiro atoms. The highest BCUT2D eigenvalue weighted by molar-refractivity contribution is 5.85. The van der Waals surface area contributed by atoms with Crippen molar-refractivity contribution in [2.45, 2.75) is 44.1 Å². The fourth-order valence-corrected chi connectivity index (χ4v) is 3.90. The van der Waals surface area contributed by atoms with E-state index in [4.69, 9.17) is 4.74 Å². The second-order valence-corrected chi connectivity index (χ2v) is 8.18. The van der Waals surface area contributed by atoms with Gasteiger partial charge in [0.25, 0.3) is 0 Å². The second kappa shape index (κ2) is 8.18. The van der Waals surface area contributed by atoms with Crippen LogP contribution in [0.5, 0.6) is 0 Å². The van der Waals surface area contributed by atoms with Crippen LogP contribution in [0.25, 0.3) is 5.57 Å². The van der Waals surface area contributed by atoms with Crippen LogP contribution in [-0.2, 0) is 19.1 Å². The Hall–Kier alpha value is -2.35. The van der Waals surface area contributed by atoms with E-state index in [-0.39, 0.29) is 5.56 Å². The van der Waals surface area contributed by atoms with Crippen molar-refractivity contribution in [1.82, 2.24) is 0 Å². The molecule has 0 amide bonds. The Bertz CT molecular complexity index is 816. The standard InChI is InChI=1S/C21H25F3NO4/c1-25(2)12-11-15(13-25)28-19(26)18(29-20(27)21(22,23)24)17-10-6-5-9-16(17)14-7-3-4-8-14/h5-7,9-10,15,18H,3-4,8,11-13H2,1-2H3/q+1/t15-,18?/m1/s1. The fourth-order valence-electron chi connectivity index (χ4n) is 3.90. The SMILES string of the molecule is C[N+]1(C)CC[C@@H](OC(=O)C(OC(=O)C(F)(F)F)c2ccccc2C2=CCCC2)C1.